The Morgan fingerprint density at radius 1 is 1.67 bits per heavy atom. The van der Waals surface area contributed by atoms with Crippen LogP contribution in [-0.2, 0) is 4.79 Å². The first-order valence-electron chi connectivity index (χ1n) is 2.28. The van der Waals surface area contributed by atoms with Gasteiger partial charge >= 0.3 is 5.97 Å². The molecule has 54 valence electrons. The van der Waals surface area contributed by atoms with Crippen molar-refractivity contribution in [3.05, 3.63) is 0 Å². The van der Waals surface area contributed by atoms with Crippen LogP contribution in [0.2, 0.25) is 0 Å². The van der Waals surface area contributed by atoms with Gasteiger partial charge in [-0.3, -0.25) is 0 Å². The van der Waals surface area contributed by atoms with Crippen molar-refractivity contribution in [1.29, 1.82) is 0 Å². The number of nitrogens with one attached hydrogen (secondary N) is 1. The van der Waals surface area contributed by atoms with Crippen molar-refractivity contribution < 1.29 is 14.3 Å². The Labute approximate surface area is 57.7 Å². The van der Waals surface area contributed by atoms with Gasteiger partial charge in [0.05, 0.1) is 0 Å². The third-order valence-electron chi connectivity index (χ3n) is 1.19. The summed E-state index contributed by atoms with van der Waals surface area (Å²) >= 11 is 0. The maximum absolute atomic E-state index is 12.4. The zero-order valence-corrected chi connectivity index (χ0v) is 5.37. The lowest BCUT2D eigenvalue weighted by Gasteiger charge is -2.29. The molecule has 0 aromatic carbocycles. The molecule has 0 aromatic heterocycles. The van der Waals surface area contributed by atoms with Gasteiger partial charge in [0.1, 0.15) is 0 Å². The van der Waals surface area contributed by atoms with Crippen LogP contribution in [0, 0.1) is 0 Å². The summed E-state index contributed by atoms with van der Waals surface area (Å²) in [6.45, 7) is -0.106. The van der Waals surface area contributed by atoms with E-state index in [1.165, 1.54) is 0 Å². The normalized spacial score (nSPS) is 21.4. The van der Waals surface area contributed by atoms with E-state index in [1.807, 2.05) is 0 Å². The topological polar surface area (TPSA) is 49.3 Å². The molecular weight excluding hydrogens is 148 g/mol. The summed E-state index contributed by atoms with van der Waals surface area (Å²) in [5, 5.41) is 10.6. The second-order valence-corrected chi connectivity index (χ2v) is 1.87. The first-order valence-corrected chi connectivity index (χ1v) is 2.28. The van der Waals surface area contributed by atoms with Gasteiger partial charge in [-0.15, -0.1) is 12.4 Å². The standard InChI is InChI=1S/C4H6FNO2.ClH/c5-4(3(7)8)1-6-2-4;/h6H,1-2H2,(H,7,8);1H. The summed E-state index contributed by atoms with van der Waals surface area (Å²) in [6.07, 6.45) is 0. The van der Waals surface area contributed by atoms with Gasteiger partial charge in [0.25, 0.3) is 0 Å². The minimum absolute atomic E-state index is 0. The quantitative estimate of drug-likeness (QED) is 0.552. The van der Waals surface area contributed by atoms with Crippen LogP contribution in [0.25, 0.3) is 0 Å². The van der Waals surface area contributed by atoms with E-state index in [-0.39, 0.29) is 25.5 Å². The molecule has 0 spiro atoms. The molecule has 1 aliphatic heterocycles. The smallest absolute Gasteiger partial charge is 0.344 e. The zero-order chi connectivity index (χ0) is 6.20. The summed E-state index contributed by atoms with van der Waals surface area (Å²) in [6, 6.07) is 0. The number of hydrogen-bond acceptors (Lipinski definition) is 2. The van der Waals surface area contributed by atoms with Crippen LogP contribution >= 0.6 is 12.4 Å². The Morgan fingerprint density at radius 2 is 2.11 bits per heavy atom. The number of carbonyl (C=O) groups is 1. The van der Waals surface area contributed by atoms with Crippen LogP contribution in [0.3, 0.4) is 0 Å². The molecule has 0 aliphatic carbocycles. The number of hydrogen-bond donors (Lipinski definition) is 2. The van der Waals surface area contributed by atoms with Crippen LogP contribution in [0.1, 0.15) is 0 Å². The fourth-order valence-corrected chi connectivity index (χ4v) is 0.496. The molecule has 0 aromatic rings. The lowest BCUT2D eigenvalue weighted by molar-refractivity contribution is -0.154. The Morgan fingerprint density at radius 3 is 2.11 bits per heavy atom. The van der Waals surface area contributed by atoms with Gasteiger partial charge in [-0.25, -0.2) is 9.18 Å². The predicted molar refractivity (Wildman–Crippen MR) is 31.6 cm³/mol. The fourth-order valence-electron chi connectivity index (χ4n) is 0.496. The molecule has 3 nitrogen and oxygen atoms in total. The molecule has 0 atom stereocenters. The number of halogens is 2. The molecule has 1 heterocycles. The molecule has 0 saturated carbocycles. The molecule has 1 aliphatic rings. The van der Waals surface area contributed by atoms with E-state index >= 15 is 0 Å². The van der Waals surface area contributed by atoms with Crippen LogP contribution in [0.15, 0.2) is 0 Å². The molecule has 0 bridgehead atoms. The number of alkyl halides is 1. The van der Waals surface area contributed by atoms with E-state index < -0.39 is 11.6 Å². The Kier molecular flexibility index (Phi) is 2.40. The zero-order valence-electron chi connectivity index (χ0n) is 4.56. The lowest BCUT2D eigenvalue weighted by Crippen LogP contribution is -2.61. The number of aliphatic carboxylic acids is 1. The highest BCUT2D eigenvalue weighted by molar-refractivity contribution is 5.85. The fraction of sp³-hybridized carbons (Fsp3) is 0.750. The molecular formula is C4H7ClFNO2. The van der Waals surface area contributed by atoms with E-state index in [2.05, 4.69) is 5.32 Å². The molecule has 0 amide bonds. The third kappa shape index (κ3) is 1.31. The van der Waals surface area contributed by atoms with Gasteiger partial charge in [-0.2, -0.15) is 0 Å². The maximum atomic E-state index is 12.4. The van der Waals surface area contributed by atoms with Gasteiger partial charge in [-0.05, 0) is 0 Å². The first kappa shape index (κ1) is 8.65. The van der Waals surface area contributed by atoms with Crippen LogP contribution in [0.5, 0.6) is 0 Å². The highest BCUT2D eigenvalue weighted by Crippen LogP contribution is 2.15. The number of carboxylic acid groups (broad SMARTS) is 1. The molecule has 0 unspecified atom stereocenters. The molecule has 5 heteroatoms. The van der Waals surface area contributed by atoms with Gasteiger partial charge in [0.15, 0.2) is 0 Å². The van der Waals surface area contributed by atoms with Gasteiger partial charge in [0, 0.05) is 13.1 Å². The highest BCUT2D eigenvalue weighted by atomic mass is 35.5. The summed E-state index contributed by atoms with van der Waals surface area (Å²) in [5.74, 6) is -1.36. The summed E-state index contributed by atoms with van der Waals surface area (Å²) in [4.78, 5) is 9.89. The van der Waals surface area contributed by atoms with Crippen molar-refractivity contribution >= 4 is 18.4 Å². The van der Waals surface area contributed by atoms with E-state index in [0.717, 1.165) is 0 Å². The molecule has 2 N–H and O–H groups in total. The molecule has 0 radical (unpaired) electrons. The van der Waals surface area contributed by atoms with E-state index in [4.69, 9.17) is 5.11 Å². The van der Waals surface area contributed by atoms with Crippen molar-refractivity contribution in [2.75, 3.05) is 13.1 Å². The monoisotopic (exact) mass is 155 g/mol. The van der Waals surface area contributed by atoms with Crippen molar-refractivity contribution in [2.45, 2.75) is 5.67 Å². The van der Waals surface area contributed by atoms with Crippen molar-refractivity contribution in [3.63, 3.8) is 0 Å². The first-order chi connectivity index (χ1) is 3.65. The minimum Gasteiger partial charge on any atom is -0.479 e. The SMILES string of the molecule is Cl.O=C(O)C1(F)CNC1. The molecule has 1 rings (SSSR count). The van der Waals surface area contributed by atoms with E-state index in [1.54, 1.807) is 0 Å². The predicted octanol–water partition coefficient (Wildman–Crippen LogP) is -0.196. The summed E-state index contributed by atoms with van der Waals surface area (Å²) in [7, 11) is 0. The lowest BCUT2D eigenvalue weighted by atomic mass is 10.0. The summed E-state index contributed by atoms with van der Waals surface area (Å²) < 4.78 is 12.4. The Balaban J connectivity index is 0.000000640. The molecule has 1 saturated heterocycles. The second-order valence-electron chi connectivity index (χ2n) is 1.87. The number of rotatable bonds is 1. The molecule has 9 heavy (non-hydrogen) atoms. The largest absolute Gasteiger partial charge is 0.479 e. The Hall–Kier alpha value is -0.350. The number of carboxylic acids is 1. The van der Waals surface area contributed by atoms with Gasteiger partial charge in [0.2, 0.25) is 5.67 Å². The van der Waals surface area contributed by atoms with E-state index in [9.17, 15) is 9.18 Å². The van der Waals surface area contributed by atoms with Crippen molar-refractivity contribution in [2.24, 2.45) is 0 Å². The summed E-state index contributed by atoms with van der Waals surface area (Å²) in [5.41, 5.74) is -1.97. The van der Waals surface area contributed by atoms with Gasteiger partial charge in [-0.1, -0.05) is 0 Å². The van der Waals surface area contributed by atoms with Crippen LogP contribution in [-0.4, -0.2) is 29.8 Å². The Bertz CT molecular complexity index is 126. The van der Waals surface area contributed by atoms with Gasteiger partial charge < -0.3 is 10.4 Å². The van der Waals surface area contributed by atoms with E-state index in [0.29, 0.717) is 0 Å². The van der Waals surface area contributed by atoms with Crippen molar-refractivity contribution in [3.8, 4) is 0 Å². The average molecular weight is 156 g/mol. The second kappa shape index (κ2) is 2.49. The average Bonchev–Trinajstić information content (AvgIpc) is 1.60. The van der Waals surface area contributed by atoms with Crippen molar-refractivity contribution in [1.82, 2.24) is 5.32 Å². The highest BCUT2D eigenvalue weighted by Gasteiger charge is 2.44. The third-order valence-corrected chi connectivity index (χ3v) is 1.19. The van der Waals surface area contributed by atoms with Crippen LogP contribution < -0.4 is 5.32 Å². The minimum atomic E-state index is -1.97. The van der Waals surface area contributed by atoms with Crippen LogP contribution in [0.4, 0.5) is 4.39 Å². The molecule has 1 fully saturated rings. The maximum Gasteiger partial charge on any atom is 0.344 e.